The van der Waals surface area contributed by atoms with Crippen LogP contribution in [0, 0.1) is 0 Å². The van der Waals surface area contributed by atoms with Crippen molar-refractivity contribution in [3.63, 3.8) is 0 Å². The fraction of sp³-hybridized carbons (Fsp3) is 0.250. The van der Waals surface area contributed by atoms with Crippen LogP contribution in [0.3, 0.4) is 0 Å². The van der Waals surface area contributed by atoms with Crippen molar-refractivity contribution in [2.24, 2.45) is 0 Å². The first-order valence-corrected chi connectivity index (χ1v) is 4.17. The molecule has 0 fully saturated rings. The Hall–Kier alpha value is -0.760. The average Bonchev–Trinajstić information content (AvgIpc) is 2.15. The Balaban J connectivity index is 2.72. The zero-order valence-corrected chi connectivity index (χ0v) is 7.53. The molecule has 1 unspecified atom stereocenters. The highest BCUT2D eigenvalue weighted by atomic mass is 31.1. The number of hydrogen-bond donors (Lipinski definition) is 0. The number of benzene rings is 1. The maximum atomic E-state index is 10.1. The first-order valence-electron chi connectivity index (χ1n) is 3.44. The summed E-state index contributed by atoms with van der Waals surface area (Å²) in [5, 5.41) is 0. The van der Waals surface area contributed by atoms with E-state index in [9.17, 15) is 4.57 Å². The number of ether oxygens (including phenoxy) is 1. The van der Waals surface area contributed by atoms with Gasteiger partial charge in [-0.25, -0.2) is 4.57 Å². The van der Waals surface area contributed by atoms with Crippen LogP contribution in [0.1, 0.15) is 11.9 Å². The van der Waals surface area contributed by atoms with Crippen molar-refractivity contribution in [3.05, 3.63) is 35.9 Å². The van der Waals surface area contributed by atoms with E-state index in [4.69, 9.17) is 9.26 Å². The summed E-state index contributed by atoms with van der Waals surface area (Å²) in [5.41, 5.74) is 0.850. The first-order chi connectivity index (χ1) is 5.88. The molecule has 1 atom stereocenters. The minimum absolute atomic E-state index is 0.375. The lowest BCUT2D eigenvalue weighted by atomic mass is 10.2. The highest BCUT2D eigenvalue weighted by Gasteiger charge is 2.09. The predicted octanol–water partition coefficient (Wildman–Crippen LogP) is 2.55. The van der Waals surface area contributed by atoms with Gasteiger partial charge in [0.15, 0.2) is 6.29 Å². The van der Waals surface area contributed by atoms with E-state index in [-0.39, 0.29) is 8.69 Å². The standard InChI is InChI=1S/C8H9O3P/c1-10-8(11-12-9)7-5-3-2-4-6-7/h2-6,8H,1H3. The normalized spacial score (nSPS) is 13.1. The van der Waals surface area contributed by atoms with Gasteiger partial charge in [0.05, 0.1) is 0 Å². The molecule has 0 aromatic heterocycles. The highest BCUT2D eigenvalue weighted by Crippen LogP contribution is 2.21. The molecule has 0 aliphatic heterocycles. The Morgan fingerprint density at radius 3 is 2.50 bits per heavy atom. The van der Waals surface area contributed by atoms with Crippen LogP contribution in [-0.2, 0) is 13.8 Å². The van der Waals surface area contributed by atoms with Crippen LogP contribution in [0.15, 0.2) is 30.3 Å². The van der Waals surface area contributed by atoms with Gasteiger partial charge in [0.1, 0.15) is 0 Å². The summed E-state index contributed by atoms with van der Waals surface area (Å²) in [5.74, 6) is 0. The molecule has 0 aliphatic carbocycles. The Kier molecular flexibility index (Phi) is 3.88. The van der Waals surface area contributed by atoms with E-state index in [1.165, 1.54) is 7.11 Å². The molecule has 1 rings (SSSR count). The Bertz CT molecular complexity index is 237. The molecule has 0 saturated heterocycles. The second-order valence-electron chi connectivity index (χ2n) is 2.16. The van der Waals surface area contributed by atoms with Crippen LogP contribution >= 0.6 is 8.69 Å². The molecule has 1 aromatic rings. The second kappa shape index (κ2) is 4.99. The monoisotopic (exact) mass is 184 g/mol. The van der Waals surface area contributed by atoms with Gasteiger partial charge < -0.3 is 4.74 Å². The van der Waals surface area contributed by atoms with Gasteiger partial charge in [0.25, 0.3) is 0 Å². The molecule has 0 aliphatic rings. The van der Waals surface area contributed by atoms with E-state index >= 15 is 0 Å². The van der Waals surface area contributed by atoms with Crippen LogP contribution in [0.2, 0.25) is 0 Å². The average molecular weight is 184 g/mol. The van der Waals surface area contributed by atoms with E-state index in [1.807, 2.05) is 30.3 Å². The molecule has 12 heavy (non-hydrogen) atoms. The number of methoxy groups -OCH3 is 1. The quantitative estimate of drug-likeness (QED) is 0.532. The highest BCUT2D eigenvalue weighted by molar-refractivity contribution is 7.17. The maximum absolute atomic E-state index is 10.1. The molecule has 0 radical (unpaired) electrons. The van der Waals surface area contributed by atoms with Gasteiger partial charge in [-0.15, -0.1) is 0 Å². The van der Waals surface area contributed by atoms with Gasteiger partial charge in [0, 0.05) is 12.7 Å². The van der Waals surface area contributed by atoms with Crippen molar-refractivity contribution < 1.29 is 13.8 Å². The summed E-state index contributed by atoms with van der Waals surface area (Å²) in [7, 11) is 1.13. The van der Waals surface area contributed by atoms with Crippen LogP contribution in [0.25, 0.3) is 0 Å². The minimum atomic E-state index is -0.551. The summed E-state index contributed by atoms with van der Waals surface area (Å²) in [6, 6.07) is 9.32. The molecule has 0 spiro atoms. The summed E-state index contributed by atoms with van der Waals surface area (Å²) in [6.07, 6.45) is -0.551. The molecule has 4 heteroatoms. The molecule has 0 bridgehead atoms. The van der Waals surface area contributed by atoms with Gasteiger partial charge in [-0.1, -0.05) is 30.3 Å². The third-order valence-electron chi connectivity index (χ3n) is 1.42. The summed E-state index contributed by atoms with van der Waals surface area (Å²) < 4.78 is 19.9. The van der Waals surface area contributed by atoms with Crippen LogP contribution in [0.5, 0.6) is 0 Å². The zero-order valence-electron chi connectivity index (χ0n) is 6.64. The van der Waals surface area contributed by atoms with Crippen molar-refractivity contribution in [2.45, 2.75) is 6.29 Å². The fourth-order valence-corrected chi connectivity index (χ4v) is 1.18. The lowest BCUT2D eigenvalue weighted by Crippen LogP contribution is -2.00. The predicted molar refractivity (Wildman–Crippen MR) is 44.9 cm³/mol. The minimum Gasteiger partial charge on any atom is -0.351 e. The molecular formula is C8H9O3P. The van der Waals surface area contributed by atoms with Crippen molar-refractivity contribution in [2.75, 3.05) is 7.11 Å². The van der Waals surface area contributed by atoms with E-state index in [1.54, 1.807) is 0 Å². The molecule has 64 valence electrons. The van der Waals surface area contributed by atoms with Crippen molar-refractivity contribution >= 4 is 8.69 Å². The topological polar surface area (TPSA) is 35.5 Å². The van der Waals surface area contributed by atoms with Crippen LogP contribution in [-0.4, -0.2) is 7.11 Å². The molecule has 0 heterocycles. The summed E-state index contributed by atoms with van der Waals surface area (Å²) >= 11 is 0. The van der Waals surface area contributed by atoms with Crippen molar-refractivity contribution in [1.29, 1.82) is 0 Å². The summed E-state index contributed by atoms with van der Waals surface area (Å²) in [6.45, 7) is 0. The van der Waals surface area contributed by atoms with E-state index in [0.717, 1.165) is 5.56 Å². The van der Waals surface area contributed by atoms with Gasteiger partial charge >= 0.3 is 8.69 Å². The number of hydrogen-bond acceptors (Lipinski definition) is 3. The SMILES string of the molecule is COC(OP=O)c1ccccc1. The molecule has 0 N–H and O–H groups in total. The molecule has 0 saturated carbocycles. The Morgan fingerprint density at radius 2 is 2.00 bits per heavy atom. The fourth-order valence-electron chi connectivity index (χ4n) is 0.889. The summed E-state index contributed by atoms with van der Waals surface area (Å²) in [4.78, 5) is 0. The molecule has 0 amide bonds. The van der Waals surface area contributed by atoms with Gasteiger partial charge in [-0.3, -0.25) is 4.52 Å². The van der Waals surface area contributed by atoms with Gasteiger partial charge in [0.2, 0.25) is 0 Å². The largest absolute Gasteiger partial charge is 0.351 e. The second-order valence-corrected chi connectivity index (χ2v) is 2.52. The number of rotatable bonds is 4. The van der Waals surface area contributed by atoms with E-state index in [0.29, 0.717) is 0 Å². The zero-order chi connectivity index (χ0) is 8.81. The maximum Gasteiger partial charge on any atom is 0.330 e. The molecular weight excluding hydrogens is 175 g/mol. The lowest BCUT2D eigenvalue weighted by Gasteiger charge is -2.10. The van der Waals surface area contributed by atoms with Crippen molar-refractivity contribution in [1.82, 2.24) is 0 Å². The Morgan fingerprint density at radius 1 is 1.33 bits per heavy atom. The van der Waals surface area contributed by atoms with E-state index in [2.05, 4.69) is 0 Å². The van der Waals surface area contributed by atoms with Gasteiger partial charge in [-0.2, -0.15) is 0 Å². The molecule has 1 aromatic carbocycles. The third kappa shape index (κ3) is 2.38. The van der Waals surface area contributed by atoms with Crippen molar-refractivity contribution in [3.8, 4) is 0 Å². The lowest BCUT2D eigenvalue weighted by molar-refractivity contribution is -0.0481. The van der Waals surface area contributed by atoms with Crippen LogP contribution in [0.4, 0.5) is 0 Å². The van der Waals surface area contributed by atoms with E-state index < -0.39 is 6.29 Å². The smallest absolute Gasteiger partial charge is 0.330 e. The van der Waals surface area contributed by atoms with Gasteiger partial charge in [-0.05, 0) is 0 Å². The third-order valence-corrected chi connectivity index (χ3v) is 1.70. The first kappa shape index (κ1) is 9.33. The van der Waals surface area contributed by atoms with Crippen LogP contribution < -0.4 is 0 Å². The Labute approximate surface area is 72.6 Å². The molecule has 3 nitrogen and oxygen atoms in total.